The van der Waals surface area contributed by atoms with E-state index in [-0.39, 0.29) is 24.3 Å². The highest BCUT2D eigenvalue weighted by Gasteiger charge is 2.29. The minimum atomic E-state index is -0.883. The molecule has 23 heavy (non-hydrogen) atoms. The van der Waals surface area contributed by atoms with E-state index in [1.54, 1.807) is 36.4 Å². The van der Waals surface area contributed by atoms with Gasteiger partial charge in [0, 0.05) is 17.2 Å². The zero-order chi connectivity index (χ0) is 16.2. The Morgan fingerprint density at radius 1 is 1.22 bits per heavy atom. The van der Waals surface area contributed by atoms with Gasteiger partial charge in [0.25, 0.3) is 5.91 Å². The summed E-state index contributed by atoms with van der Waals surface area (Å²) in [6.45, 7) is 0.0620. The minimum Gasteiger partial charge on any atom is -0.467 e. The smallest absolute Gasteiger partial charge is 0.251 e. The number of hydrogen-bond acceptors (Lipinski definition) is 4. The number of carbonyl (C=O) groups is 2. The van der Waals surface area contributed by atoms with E-state index < -0.39 is 6.10 Å². The average Bonchev–Trinajstić information content (AvgIpc) is 3.28. The number of aliphatic hydroxyl groups excluding tert-OH is 1. The lowest BCUT2D eigenvalue weighted by molar-refractivity contribution is -0.117. The molecule has 1 aliphatic rings. The molecule has 1 fully saturated rings. The molecule has 1 aliphatic carbocycles. The first-order valence-corrected chi connectivity index (χ1v) is 7.54. The molecule has 3 N–H and O–H groups in total. The van der Waals surface area contributed by atoms with Crippen molar-refractivity contribution in [3.8, 4) is 0 Å². The number of furan rings is 1. The summed E-state index contributed by atoms with van der Waals surface area (Å²) in [6, 6.07) is 9.98. The van der Waals surface area contributed by atoms with Crippen LogP contribution in [-0.4, -0.2) is 23.5 Å². The quantitative estimate of drug-likeness (QED) is 0.761. The highest BCUT2D eigenvalue weighted by Crippen LogP contribution is 2.30. The van der Waals surface area contributed by atoms with E-state index in [1.165, 1.54) is 6.26 Å². The second kappa shape index (κ2) is 6.66. The van der Waals surface area contributed by atoms with Crippen LogP contribution in [0.2, 0.25) is 0 Å². The largest absolute Gasteiger partial charge is 0.467 e. The normalized spacial score (nSPS) is 15.0. The van der Waals surface area contributed by atoms with Gasteiger partial charge in [0.05, 0.1) is 12.8 Å². The number of rotatable bonds is 6. The molecule has 0 spiro atoms. The molecular weight excluding hydrogens is 296 g/mol. The molecule has 1 atom stereocenters. The van der Waals surface area contributed by atoms with Crippen molar-refractivity contribution < 1.29 is 19.1 Å². The fourth-order valence-corrected chi connectivity index (χ4v) is 2.17. The maximum absolute atomic E-state index is 12.0. The number of aliphatic hydroxyl groups is 1. The van der Waals surface area contributed by atoms with Crippen LogP contribution >= 0.6 is 0 Å². The Kier molecular flexibility index (Phi) is 4.43. The molecule has 1 aromatic heterocycles. The molecule has 0 radical (unpaired) electrons. The topological polar surface area (TPSA) is 91.6 Å². The molecule has 2 amide bonds. The molecule has 0 bridgehead atoms. The van der Waals surface area contributed by atoms with Crippen molar-refractivity contribution in [1.29, 1.82) is 0 Å². The predicted octanol–water partition coefficient (Wildman–Crippen LogP) is 2.09. The van der Waals surface area contributed by atoms with E-state index in [1.807, 2.05) is 0 Å². The fourth-order valence-electron chi connectivity index (χ4n) is 2.17. The summed E-state index contributed by atoms with van der Waals surface area (Å²) < 4.78 is 5.07. The molecule has 1 aromatic carbocycles. The first-order chi connectivity index (χ1) is 11.1. The van der Waals surface area contributed by atoms with Gasteiger partial charge in [0.2, 0.25) is 5.91 Å². The van der Waals surface area contributed by atoms with Crippen LogP contribution in [0.25, 0.3) is 0 Å². The van der Waals surface area contributed by atoms with E-state index in [0.29, 0.717) is 17.0 Å². The molecule has 1 heterocycles. The highest BCUT2D eigenvalue weighted by molar-refractivity contribution is 5.96. The summed E-state index contributed by atoms with van der Waals surface area (Å²) in [6.07, 6.45) is 2.48. The summed E-state index contributed by atoms with van der Waals surface area (Å²) in [5.41, 5.74) is 1.13. The van der Waals surface area contributed by atoms with Crippen molar-refractivity contribution in [1.82, 2.24) is 5.32 Å². The van der Waals surface area contributed by atoms with Crippen LogP contribution in [0, 0.1) is 5.92 Å². The van der Waals surface area contributed by atoms with Crippen LogP contribution in [-0.2, 0) is 4.79 Å². The van der Waals surface area contributed by atoms with Gasteiger partial charge in [-0.2, -0.15) is 0 Å². The van der Waals surface area contributed by atoms with Crippen LogP contribution < -0.4 is 10.6 Å². The van der Waals surface area contributed by atoms with Gasteiger partial charge < -0.3 is 20.2 Å². The van der Waals surface area contributed by atoms with Crippen LogP contribution in [0.5, 0.6) is 0 Å². The van der Waals surface area contributed by atoms with E-state index >= 15 is 0 Å². The Morgan fingerprint density at radius 3 is 2.57 bits per heavy atom. The standard InChI is InChI=1S/C17H18N2O4/c20-14(15-2-1-9-23-15)10-18-16(21)11-5-7-13(8-6-11)19-17(22)12-3-4-12/h1-2,5-9,12,14,20H,3-4,10H2,(H,18,21)(H,19,22). The first kappa shape index (κ1) is 15.3. The van der Waals surface area contributed by atoms with Crippen molar-refractivity contribution in [2.45, 2.75) is 18.9 Å². The third-order valence-corrected chi connectivity index (χ3v) is 3.69. The average molecular weight is 314 g/mol. The fraction of sp³-hybridized carbons (Fsp3) is 0.294. The molecular formula is C17H18N2O4. The lowest BCUT2D eigenvalue weighted by Gasteiger charge is -2.10. The SMILES string of the molecule is O=C(NCC(O)c1ccco1)c1ccc(NC(=O)C2CC2)cc1. The van der Waals surface area contributed by atoms with Gasteiger partial charge in [-0.15, -0.1) is 0 Å². The van der Waals surface area contributed by atoms with Gasteiger partial charge in [0.15, 0.2) is 0 Å². The number of amides is 2. The van der Waals surface area contributed by atoms with Crippen LogP contribution in [0.1, 0.15) is 35.1 Å². The van der Waals surface area contributed by atoms with Gasteiger partial charge in [-0.1, -0.05) is 0 Å². The van der Waals surface area contributed by atoms with Crippen LogP contribution in [0.3, 0.4) is 0 Å². The zero-order valence-electron chi connectivity index (χ0n) is 12.5. The molecule has 6 heteroatoms. The Hall–Kier alpha value is -2.60. The van der Waals surface area contributed by atoms with Gasteiger partial charge in [-0.25, -0.2) is 0 Å². The zero-order valence-corrected chi connectivity index (χ0v) is 12.5. The highest BCUT2D eigenvalue weighted by atomic mass is 16.4. The predicted molar refractivity (Wildman–Crippen MR) is 83.8 cm³/mol. The number of nitrogens with one attached hydrogen (secondary N) is 2. The lowest BCUT2D eigenvalue weighted by atomic mass is 10.2. The van der Waals surface area contributed by atoms with Crippen molar-refractivity contribution in [3.63, 3.8) is 0 Å². The third-order valence-electron chi connectivity index (χ3n) is 3.69. The Balaban J connectivity index is 1.51. The van der Waals surface area contributed by atoms with E-state index in [9.17, 15) is 14.7 Å². The van der Waals surface area contributed by atoms with Crippen LogP contribution in [0.4, 0.5) is 5.69 Å². The first-order valence-electron chi connectivity index (χ1n) is 7.54. The number of hydrogen-bond donors (Lipinski definition) is 3. The maximum atomic E-state index is 12.0. The molecule has 0 saturated heterocycles. The van der Waals surface area contributed by atoms with E-state index in [0.717, 1.165) is 12.8 Å². The second-order valence-electron chi connectivity index (χ2n) is 5.58. The lowest BCUT2D eigenvalue weighted by Crippen LogP contribution is -2.28. The maximum Gasteiger partial charge on any atom is 0.251 e. The molecule has 1 unspecified atom stereocenters. The van der Waals surface area contributed by atoms with Crippen molar-refractivity contribution in [2.24, 2.45) is 5.92 Å². The summed E-state index contributed by atoms with van der Waals surface area (Å²) in [4.78, 5) is 23.7. The molecule has 6 nitrogen and oxygen atoms in total. The Bertz CT molecular complexity index is 675. The number of benzene rings is 1. The summed E-state index contributed by atoms with van der Waals surface area (Å²) in [7, 11) is 0. The number of carbonyl (C=O) groups excluding carboxylic acids is 2. The van der Waals surface area contributed by atoms with Crippen molar-refractivity contribution in [3.05, 3.63) is 54.0 Å². The molecule has 3 rings (SSSR count). The third kappa shape index (κ3) is 3.98. The van der Waals surface area contributed by atoms with Crippen molar-refractivity contribution >= 4 is 17.5 Å². The van der Waals surface area contributed by atoms with Gasteiger partial charge in [-0.05, 0) is 49.2 Å². The summed E-state index contributed by atoms with van der Waals surface area (Å²) in [5, 5.41) is 15.3. The molecule has 0 aliphatic heterocycles. The molecule has 2 aromatic rings. The Morgan fingerprint density at radius 2 is 1.96 bits per heavy atom. The van der Waals surface area contributed by atoms with Gasteiger partial charge in [-0.3, -0.25) is 9.59 Å². The van der Waals surface area contributed by atoms with Crippen LogP contribution in [0.15, 0.2) is 47.1 Å². The summed E-state index contributed by atoms with van der Waals surface area (Å²) in [5.74, 6) is 0.281. The minimum absolute atomic E-state index is 0.0313. The number of anilines is 1. The Labute approximate surface area is 133 Å². The summed E-state index contributed by atoms with van der Waals surface area (Å²) >= 11 is 0. The van der Waals surface area contributed by atoms with E-state index in [4.69, 9.17) is 4.42 Å². The van der Waals surface area contributed by atoms with Gasteiger partial charge in [0.1, 0.15) is 11.9 Å². The second-order valence-corrected chi connectivity index (χ2v) is 5.58. The van der Waals surface area contributed by atoms with Crippen molar-refractivity contribution in [2.75, 3.05) is 11.9 Å². The monoisotopic (exact) mass is 314 g/mol. The molecule has 120 valence electrons. The molecule has 1 saturated carbocycles. The van der Waals surface area contributed by atoms with E-state index in [2.05, 4.69) is 10.6 Å². The van der Waals surface area contributed by atoms with Gasteiger partial charge >= 0.3 is 0 Å².